The molecule has 0 saturated carbocycles. The molecule has 0 N–H and O–H groups in total. The van der Waals surface area contributed by atoms with Crippen molar-refractivity contribution >= 4 is 5.95 Å². The third kappa shape index (κ3) is 5.17. The van der Waals surface area contributed by atoms with Crippen LogP contribution >= 0.6 is 0 Å². The molecule has 4 rings (SSSR count). The molecular weight excluding hydrogens is 338 g/mol. The Balaban J connectivity index is 1.17. The first-order valence-corrected chi connectivity index (χ1v) is 10.1. The van der Waals surface area contributed by atoms with Crippen molar-refractivity contribution < 1.29 is 4.74 Å². The van der Waals surface area contributed by atoms with Gasteiger partial charge in [0.1, 0.15) is 12.4 Å². The monoisotopic (exact) mass is 367 g/mol. The van der Waals surface area contributed by atoms with Crippen molar-refractivity contribution in [2.75, 3.05) is 57.3 Å². The summed E-state index contributed by atoms with van der Waals surface area (Å²) in [6.07, 6.45) is 6.51. The Morgan fingerprint density at radius 3 is 2.19 bits per heavy atom. The summed E-state index contributed by atoms with van der Waals surface area (Å²) in [4.78, 5) is 16.4. The smallest absolute Gasteiger partial charge is 0.225 e. The van der Waals surface area contributed by atoms with Gasteiger partial charge in [0.05, 0.1) is 0 Å². The Morgan fingerprint density at radius 1 is 0.815 bits per heavy atom. The number of rotatable bonds is 7. The fourth-order valence-electron chi connectivity index (χ4n) is 3.75. The highest BCUT2D eigenvalue weighted by molar-refractivity contribution is 5.31. The van der Waals surface area contributed by atoms with Crippen molar-refractivity contribution in [3.8, 4) is 5.75 Å². The number of nitrogens with zero attached hydrogens (tertiary/aromatic N) is 5. The fourth-order valence-corrected chi connectivity index (χ4v) is 3.75. The second-order valence-electron chi connectivity index (χ2n) is 7.36. The molecule has 1 aromatic carbocycles. The Labute approximate surface area is 161 Å². The first kappa shape index (κ1) is 18.2. The van der Waals surface area contributed by atoms with E-state index in [1.165, 1.54) is 18.4 Å². The SMILES string of the molecule is c1ccc(OCCN2CCN(Cc3cnc(N4CCCC4)nc3)CC2)cc1. The minimum absolute atomic E-state index is 0.746. The molecule has 0 unspecified atom stereocenters. The number of ether oxygens (including phenoxy) is 1. The standard InChI is InChI=1S/C21H29N5O/c1-2-6-20(7-3-1)27-15-14-24-10-12-25(13-11-24)18-19-16-22-21(23-17-19)26-8-4-5-9-26/h1-3,6-7,16-17H,4-5,8-15,18H2. The second-order valence-corrected chi connectivity index (χ2v) is 7.36. The zero-order valence-electron chi connectivity index (χ0n) is 16.0. The molecular formula is C21H29N5O. The molecule has 144 valence electrons. The first-order valence-electron chi connectivity index (χ1n) is 10.1. The highest BCUT2D eigenvalue weighted by Gasteiger charge is 2.18. The molecule has 2 aromatic rings. The van der Waals surface area contributed by atoms with Gasteiger partial charge in [-0.15, -0.1) is 0 Å². The summed E-state index contributed by atoms with van der Waals surface area (Å²) in [5.41, 5.74) is 1.21. The van der Waals surface area contributed by atoms with Crippen LogP contribution in [-0.4, -0.2) is 72.2 Å². The van der Waals surface area contributed by atoms with Gasteiger partial charge in [-0.05, 0) is 25.0 Å². The predicted octanol–water partition coefficient (Wildman–Crippen LogP) is 2.27. The zero-order valence-corrected chi connectivity index (χ0v) is 16.0. The molecule has 2 aliphatic rings. The average molecular weight is 367 g/mol. The van der Waals surface area contributed by atoms with E-state index in [0.29, 0.717) is 0 Å². The van der Waals surface area contributed by atoms with Crippen LogP contribution in [0.3, 0.4) is 0 Å². The van der Waals surface area contributed by atoms with E-state index in [-0.39, 0.29) is 0 Å². The molecule has 6 heteroatoms. The van der Waals surface area contributed by atoms with Gasteiger partial charge in [0, 0.05) is 70.3 Å². The van der Waals surface area contributed by atoms with E-state index < -0.39 is 0 Å². The Kier molecular flexibility index (Phi) is 6.17. The van der Waals surface area contributed by atoms with Crippen molar-refractivity contribution in [1.82, 2.24) is 19.8 Å². The van der Waals surface area contributed by atoms with Gasteiger partial charge in [-0.3, -0.25) is 9.80 Å². The van der Waals surface area contributed by atoms with Gasteiger partial charge < -0.3 is 9.64 Å². The summed E-state index contributed by atoms with van der Waals surface area (Å²) < 4.78 is 5.81. The number of hydrogen-bond acceptors (Lipinski definition) is 6. The lowest BCUT2D eigenvalue weighted by molar-refractivity contribution is 0.112. The third-order valence-corrected chi connectivity index (χ3v) is 5.37. The fraction of sp³-hybridized carbons (Fsp3) is 0.524. The molecule has 2 saturated heterocycles. The van der Waals surface area contributed by atoms with Gasteiger partial charge in [0.15, 0.2) is 0 Å². The Bertz CT molecular complexity index is 679. The zero-order chi connectivity index (χ0) is 18.3. The van der Waals surface area contributed by atoms with Gasteiger partial charge in [-0.1, -0.05) is 18.2 Å². The van der Waals surface area contributed by atoms with Gasteiger partial charge >= 0.3 is 0 Å². The topological polar surface area (TPSA) is 44.7 Å². The van der Waals surface area contributed by atoms with Crippen LogP contribution in [0.4, 0.5) is 5.95 Å². The maximum absolute atomic E-state index is 5.81. The maximum Gasteiger partial charge on any atom is 0.225 e. The van der Waals surface area contributed by atoms with Gasteiger partial charge in [0.25, 0.3) is 0 Å². The van der Waals surface area contributed by atoms with Crippen LogP contribution in [0.25, 0.3) is 0 Å². The van der Waals surface area contributed by atoms with Crippen LogP contribution in [0.2, 0.25) is 0 Å². The summed E-state index contributed by atoms with van der Waals surface area (Å²) in [5, 5.41) is 0. The second kappa shape index (κ2) is 9.15. The van der Waals surface area contributed by atoms with E-state index in [0.717, 1.165) is 70.7 Å². The molecule has 0 atom stereocenters. The molecule has 2 fully saturated rings. The molecule has 0 spiro atoms. The quantitative estimate of drug-likeness (QED) is 0.748. The van der Waals surface area contributed by atoms with Crippen LogP contribution in [-0.2, 0) is 6.54 Å². The lowest BCUT2D eigenvalue weighted by Gasteiger charge is -2.34. The van der Waals surface area contributed by atoms with Crippen molar-refractivity contribution in [2.24, 2.45) is 0 Å². The average Bonchev–Trinajstić information content (AvgIpc) is 3.26. The van der Waals surface area contributed by atoms with E-state index in [4.69, 9.17) is 4.74 Å². The molecule has 2 aliphatic heterocycles. The summed E-state index contributed by atoms with van der Waals surface area (Å²) in [7, 11) is 0. The van der Waals surface area contributed by atoms with Crippen LogP contribution in [0, 0.1) is 0 Å². The molecule has 0 radical (unpaired) electrons. The minimum Gasteiger partial charge on any atom is -0.492 e. The summed E-state index contributed by atoms with van der Waals surface area (Å²) in [5.74, 6) is 1.84. The highest BCUT2D eigenvalue weighted by atomic mass is 16.5. The summed E-state index contributed by atoms with van der Waals surface area (Å²) >= 11 is 0. The lowest BCUT2D eigenvalue weighted by atomic mass is 10.2. The van der Waals surface area contributed by atoms with E-state index in [1.807, 2.05) is 42.7 Å². The van der Waals surface area contributed by atoms with Gasteiger partial charge in [0.2, 0.25) is 5.95 Å². The molecule has 1 aromatic heterocycles. The number of piperazine rings is 1. The van der Waals surface area contributed by atoms with Crippen LogP contribution in [0.1, 0.15) is 18.4 Å². The Morgan fingerprint density at radius 2 is 1.48 bits per heavy atom. The van der Waals surface area contributed by atoms with E-state index in [2.05, 4.69) is 24.7 Å². The molecule has 0 bridgehead atoms. The molecule has 0 aliphatic carbocycles. The van der Waals surface area contributed by atoms with E-state index >= 15 is 0 Å². The predicted molar refractivity (Wildman–Crippen MR) is 107 cm³/mol. The number of aromatic nitrogens is 2. The largest absolute Gasteiger partial charge is 0.492 e. The normalized spacial score (nSPS) is 18.7. The first-order chi connectivity index (χ1) is 13.4. The summed E-state index contributed by atoms with van der Waals surface area (Å²) in [6, 6.07) is 10.0. The molecule has 3 heterocycles. The van der Waals surface area contributed by atoms with Crippen LogP contribution in [0.5, 0.6) is 5.75 Å². The number of anilines is 1. The van der Waals surface area contributed by atoms with Crippen molar-refractivity contribution in [3.63, 3.8) is 0 Å². The molecule has 6 nitrogen and oxygen atoms in total. The number of hydrogen-bond donors (Lipinski definition) is 0. The Hall–Kier alpha value is -2.18. The van der Waals surface area contributed by atoms with Gasteiger partial charge in [-0.2, -0.15) is 0 Å². The highest BCUT2D eigenvalue weighted by Crippen LogP contribution is 2.16. The van der Waals surface area contributed by atoms with Crippen molar-refractivity contribution in [1.29, 1.82) is 0 Å². The van der Waals surface area contributed by atoms with Crippen LogP contribution in [0.15, 0.2) is 42.7 Å². The van der Waals surface area contributed by atoms with E-state index in [1.54, 1.807) is 0 Å². The van der Waals surface area contributed by atoms with Crippen molar-refractivity contribution in [3.05, 3.63) is 48.3 Å². The van der Waals surface area contributed by atoms with Gasteiger partial charge in [-0.25, -0.2) is 9.97 Å². The van der Waals surface area contributed by atoms with E-state index in [9.17, 15) is 0 Å². The minimum atomic E-state index is 0.746. The summed E-state index contributed by atoms with van der Waals surface area (Å²) in [6.45, 7) is 9.19. The number of para-hydroxylation sites is 1. The molecule has 0 amide bonds. The number of benzene rings is 1. The maximum atomic E-state index is 5.81. The van der Waals surface area contributed by atoms with Crippen LogP contribution < -0.4 is 9.64 Å². The third-order valence-electron chi connectivity index (χ3n) is 5.37. The lowest BCUT2D eigenvalue weighted by Crippen LogP contribution is -2.47. The molecule has 27 heavy (non-hydrogen) atoms. The van der Waals surface area contributed by atoms with Crippen molar-refractivity contribution in [2.45, 2.75) is 19.4 Å².